The van der Waals surface area contributed by atoms with Crippen LogP contribution in [0, 0.1) is 5.41 Å². The first-order valence-electron chi connectivity index (χ1n) is 9.40. The van der Waals surface area contributed by atoms with Crippen molar-refractivity contribution in [2.75, 3.05) is 0 Å². The molecule has 2 aromatic carbocycles. The Morgan fingerprint density at radius 3 is 2.44 bits per heavy atom. The van der Waals surface area contributed by atoms with E-state index in [0.29, 0.717) is 11.7 Å². The van der Waals surface area contributed by atoms with Crippen LogP contribution < -0.4 is 0 Å². The van der Waals surface area contributed by atoms with Gasteiger partial charge in [0.25, 0.3) is 0 Å². The van der Waals surface area contributed by atoms with Gasteiger partial charge in [-0.3, -0.25) is 4.21 Å². The van der Waals surface area contributed by atoms with Crippen molar-refractivity contribution in [3.8, 4) is 0 Å². The molecule has 0 spiro atoms. The van der Waals surface area contributed by atoms with Crippen LogP contribution >= 0.6 is 0 Å². The van der Waals surface area contributed by atoms with E-state index in [-0.39, 0.29) is 10.7 Å². The zero-order chi connectivity index (χ0) is 19.4. The fourth-order valence-electron chi connectivity index (χ4n) is 3.39. The normalized spacial score (nSPS) is 14.2. The van der Waals surface area contributed by atoms with Gasteiger partial charge in [-0.1, -0.05) is 69.3 Å². The van der Waals surface area contributed by atoms with E-state index in [4.69, 9.17) is 4.98 Å². The number of nitrogens with zero attached hydrogens (tertiary/aromatic N) is 2. The van der Waals surface area contributed by atoms with Gasteiger partial charge >= 0.3 is 0 Å². The van der Waals surface area contributed by atoms with E-state index in [9.17, 15) is 4.21 Å². The highest BCUT2D eigenvalue weighted by Crippen LogP contribution is 2.29. The molecule has 1 heterocycles. The molecule has 0 N–H and O–H groups in total. The van der Waals surface area contributed by atoms with Crippen LogP contribution in [0.5, 0.6) is 0 Å². The van der Waals surface area contributed by atoms with Gasteiger partial charge in [-0.2, -0.15) is 0 Å². The van der Waals surface area contributed by atoms with E-state index < -0.39 is 10.8 Å². The first-order chi connectivity index (χ1) is 12.9. The predicted octanol–water partition coefficient (Wildman–Crippen LogP) is 5.57. The maximum atomic E-state index is 13.6. The van der Waals surface area contributed by atoms with Gasteiger partial charge < -0.3 is 4.57 Å². The van der Waals surface area contributed by atoms with Crippen molar-refractivity contribution in [1.29, 1.82) is 0 Å². The Morgan fingerprint density at radius 2 is 1.78 bits per heavy atom. The Balaban J connectivity index is 2.05. The van der Waals surface area contributed by atoms with Crippen molar-refractivity contribution in [3.63, 3.8) is 0 Å². The molecule has 0 aliphatic heterocycles. The van der Waals surface area contributed by atoms with Crippen molar-refractivity contribution in [1.82, 2.24) is 9.55 Å². The Morgan fingerprint density at radius 1 is 1.11 bits per heavy atom. The number of allylic oxidation sites excluding steroid dienone is 1. The maximum Gasteiger partial charge on any atom is 0.200 e. The number of imidazole rings is 1. The number of rotatable bonds is 7. The average Bonchev–Trinajstić information content (AvgIpc) is 2.99. The molecule has 1 unspecified atom stereocenters. The highest BCUT2D eigenvalue weighted by atomic mass is 32.2. The summed E-state index contributed by atoms with van der Waals surface area (Å²) < 4.78 is 15.7. The van der Waals surface area contributed by atoms with E-state index in [2.05, 4.69) is 50.1 Å². The van der Waals surface area contributed by atoms with Crippen molar-refractivity contribution >= 4 is 21.8 Å². The van der Waals surface area contributed by atoms with Gasteiger partial charge in [0.15, 0.2) is 0 Å². The second kappa shape index (κ2) is 8.22. The molecule has 4 heteroatoms. The zero-order valence-corrected chi connectivity index (χ0v) is 17.2. The molecule has 0 amide bonds. The first-order valence-corrected chi connectivity index (χ1v) is 10.6. The summed E-state index contributed by atoms with van der Waals surface area (Å²) in [4.78, 5) is 4.77. The quantitative estimate of drug-likeness (QED) is 0.502. The smallest absolute Gasteiger partial charge is 0.200 e. The van der Waals surface area contributed by atoms with E-state index in [0.717, 1.165) is 23.9 Å². The molecule has 0 saturated heterocycles. The summed E-state index contributed by atoms with van der Waals surface area (Å²) in [7, 11) is -1.20. The van der Waals surface area contributed by atoms with Crippen LogP contribution in [0.2, 0.25) is 0 Å². The highest BCUT2D eigenvalue weighted by molar-refractivity contribution is 7.85. The molecule has 0 bridgehead atoms. The molecule has 3 aromatic rings. The zero-order valence-electron chi connectivity index (χ0n) is 16.4. The minimum atomic E-state index is -1.20. The third-order valence-corrected chi connectivity index (χ3v) is 6.19. The summed E-state index contributed by atoms with van der Waals surface area (Å²) in [5.74, 6) is 0. The summed E-state index contributed by atoms with van der Waals surface area (Å²) in [6.45, 7) is 11.1. The third-order valence-electron chi connectivity index (χ3n) is 4.56. The third kappa shape index (κ3) is 4.75. The largest absolute Gasteiger partial charge is 0.312 e. The van der Waals surface area contributed by atoms with E-state index in [1.807, 2.05) is 42.5 Å². The molecule has 2 atom stereocenters. The lowest BCUT2D eigenvalue weighted by Gasteiger charge is -2.24. The lowest BCUT2D eigenvalue weighted by molar-refractivity contribution is 0.369. The SMILES string of the molecule is C=CC[C@@H](CC(C)(C)C)S(=O)c1nc2ccccc2n1Cc1ccccc1. The van der Waals surface area contributed by atoms with Crippen LogP contribution in [0.3, 0.4) is 0 Å². The van der Waals surface area contributed by atoms with Gasteiger partial charge in [-0.25, -0.2) is 4.98 Å². The molecule has 0 saturated carbocycles. The van der Waals surface area contributed by atoms with Gasteiger partial charge in [-0.15, -0.1) is 6.58 Å². The molecular weight excluding hydrogens is 352 g/mol. The number of hydrogen-bond acceptors (Lipinski definition) is 2. The van der Waals surface area contributed by atoms with Gasteiger partial charge in [0, 0.05) is 5.25 Å². The molecule has 0 radical (unpaired) electrons. The van der Waals surface area contributed by atoms with Crippen molar-refractivity contribution in [3.05, 3.63) is 72.8 Å². The fraction of sp³-hybridized carbons (Fsp3) is 0.348. The average molecular weight is 381 g/mol. The van der Waals surface area contributed by atoms with Crippen LogP contribution in [-0.2, 0) is 17.3 Å². The monoisotopic (exact) mass is 380 g/mol. The first kappa shape index (κ1) is 19.6. The number of benzene rings is 2. The van der Waals surface area contributed by atoms with E-state index in [1.54, 1.807) is 0 Å². The lowest BCUT2D eigenvalue weighted by Crippen LogP contribution is -2.24. The summed E-state index contributed by atoms with van der Waals surface area (Å²) in [5, 5.41) is 0.671. The van der Waals surface area contributed by atoms with Gasteiger partial charge in [-0.05, 0) is 36.0 Å². The van der Waals surface area contributed by atoms with E-state index >= 15 is 0 Å². The molecule has 3 nitrogen and oxygen atoms in total. The minimum Gasteiger partial charge on any atom is -0.312 e. The Kier molecular flexibility index (Phi) is 5.95. The number of fused-ring (bicyclic) bond motifs is 1. The van der Waals surface area contributed by atoms with Crippen LogP contribution in [0.4, 0.5) is 0 Å². The molecular formula is C23H28N2OS. The van der Waals surface area contributed by atoms with Crippen LogP contribution in [-0.4, -0.2) is 19.0 Å². The Bertz CT molecular complexity index is 938. The van der Waals surface area contributed by atoms with E-state index in [1.165, 1.54) is 5.56 Å². The standard InChI is InChI=1S/C23H28N2OS/c1-5-11-19(16-23(2,3)4)27(26)22-24-20-14-9-10-15-21(20)25(22)17-18-12-7-6-8-13-18/h5-10,12-15,19H,1,11,16-17H2,2-4H3/t19-,27?/m0/s1. The molecule has 3 rings (SSSR count). The second-order valence-electron chi connectivity index (χ2n) is 8.16. The van der Waals surface area contributed by atoms with Crippen LogP contribution in [0.1, 0.15) is 39.2 Å². The van der Waals surface area contributed by atoms with Crippen molar-refractivity contribution < 1.29 is 4.21 Å². The van der Waals surface area contributed by atoms with Gasteiger partial charge in [0.05, 0.1) is 28.4 Å². The van der Waals surface area contributed by atoms with Gasteiger partial charge in [0.1, 0.15) is 0 Å². The molecule has 1 aromatic heterocycles. The number of aromatic nitrogens is 2. The fourth-order valence-corrected chi connectivity index (χ4v) is 5.22. The summed E-state index contributed by atoms with van der Waals surface area (Å²) in [5.41, 5.74) is 3.19. The summed E-state index contributed by atoms with van der Waals surface area (Å²) in [6.07, 6.45) is 3.46. The summed E-state index contributed by atoms with van der Waals surface area (Å²) >= 11 is 0. The highest BCUT2D eigenvalue weighted by Gasteiger charge is 2.27. The minimum absolute atomic E-state index is 0.00818. The summed E-state index contributed by atoms with van der Waals surface area (Å²) in [6, 6.07) is 18.3. The van der Waals surface area contributed by atoms with Gasteiger partial charge in [0.2, 0.25) is 5.16 Å². The van der Waals surface area contributed by atoms with Crippen molar-refractivity contribution in [2.45, 2.75) is 50.6 Å². The number of para-hydroxylation sites is 2. The van der Waals surface area contributed by atoms with Crippen LogP contribution in [0.15, 0.2) is 72.4 Å². The predicted molar refractivity (Wildman–Crippen MR) is 114 cm³/mol. The molecule has 142 valence electrons. The molecule has 27 heavy (non-hydrogen) atoms. The molecule has 0 aliphatic carbocycles. The van der Waals surface area contributed by atoms with Crippen LogP contribution in [0.25, 0.3) is 11.0 Å². The Hall–Kier alpha value is -2.20. The maximum absolute atomic E-state index is 13.6. The topological polar surface area (TPSA) is 34.9 Å². The molecule has 0 aliphatic rings. The van der Waals surface area contributed by atoms with Crippen molar-refractivity contribution in [2.24, 2.45) is 5.41 Å². The lowest BCUT2D eigenvalue weighted by atomic mass is 9.89. The molecule has 0 fully saturated rings. The Labute approximate surface area is 164 Å². The number of hydrogen-bond donors (Lipinski definition) is 0. The second-order valence-corrected chi connectivity index (χ2v) is 9.79.